The van der Waals surface area contributed by atoms with Crippen LogP contribution in [0, 0.1) is 0 Å². The SMILES string of the molecule is CC(=O)NC(CCC(=O)O)Cc1ccc(C2CC2)cc1. The highest BCUT2D eigenvalue weighted by Gasteiger charge is 2.23. The van der Waals surface area contributed by atoms with Crippen molar-refractivity contribution >= 4 is 11.9 Å². The van der Waals surface area contributed by atoms with Gasteiger partial charge in [0.2, 0.25) is 5.91 Å². The number of aliphatic carboxylic acids is 1. The number of carbonyl (C=O) groups excluding carboxylic acids is 1. The molecule has 1 aliphatic carbocycles. The molecule has 1 saturated carbocycles. The van der Waals surface area contributed by atoms with Crippen molar-refractivity contribution in [2.45, 2.75) is 51.0 Å². The van der Waals surface area contributed by atoms with Crippen molar-refractivity contribution in [2.24, 2.45) is 0 Å². The average Bonchev–Trinajstić information content (AvgIpc) is 3.20. The molecule has 2 N–H and O–H groups in total. The fourth-order valence-electron chi connectivity index (χ4n) is 2.44. The number of carboxylic acids is 1. The van der Waals surface area contributed by atoms with Gasteiger partial charge in [-0.15, -0.1) is 0 Å². The van der Waals surface area contributed by atoms with Crippen molar-refractivity contribution < 1.29 is 14.7 Å². The standard InChI is InChI=1S/C16H21NO3/c1-11(18)17-15(8-9-16(19)20)10-12-2-4-13(5-3-12)14-6-7-14/h2-5,14-15H,6-10H2,1H3,(H,17,18)(H,19,20). The van der Waals surface area contributed by atoms with E-state index in [-0.39, 0.29) is 18.4 Å². The van der Waals surface area contributed by atoms with Crippen molar-refractivity contribution in [1.29, 1.82) is 0 Å². The summed E-state index contributed by atoms with van der Waals surface area (Å²) in [4.78, 5) is 21.8. The van der Waals surface area contributed by atoms with Crippen LogP contribution >= 0.6 is 0 Å². The van der Waals surface area contributed by atoms with E-state index in [0.717, 1.165) is 11.5 Å². The minimum absolute atomic E-state index is 0.0745. The second-order valence-corrected chi connectivity index (χ2v) is 5.55. The van der Waals surface area contributed by atoms with Gasteiger partial charge in [-0.1, -0.05) is 24.3 Å². The quantitative estimate of drug-likeness (QED) is 0.803. The maximum Gasteiger partial charge on any atom is 0.303 e. The van der Waals surface area contributed by atoms with Crippen LogP contribution in [0.1, 0.15) is 49.7 Å². The zero-order chi connectivity index (χ0) is 14.5. The van der Waals surface area contributed by atoms with E-state index in [4.69, 9.17) is 5.11 Å². The van der Waals surface area contributed by atoms with Crippen LogP contribution in [0.5, 0.6) is 0 Å². The molecule has 2 rings (SSSR count). The third kappa shape index (κ3) is 4.68. The summed E-state index contributed by atoms with van der Waals surface area (Å²) in [5.41, 5.74) is 2.52. The Labute approximate surface area is 119 Å². The summed E-state index contributed by atoms with van der Waals surface area (Å²) >= 11 is 0. The molecular formula is C16H21NO3. The lowest BCUT2D eigenvalue weighted by Crippen LogP contribution is -2.35. The van der Waals surface area contributed by atoms with Crippen LogP contribution in [0.4, 0.5) is 0 Å². The lowest BCUT2D eigenvalue weighted by Gasteiger charge is -2.17. The van der Waals surface area contributed by atoms with Crippen molar-refractivity contribution in [3.63, 3.8) is 0 Å². The van der Waals surface area contributed by atoms with Crippen LogP contribution in [-0.2, 0) is 16.0 Å². The molecule has 1 unspecified atom stereocenters. The molecule has 0 bridgehead atoms. The maximum absolute atomic E-state index is 11.2. The van der Waals surface area contributed by atoms with E-state index in [1.165, 1.54) is 25.3 Å². The Kier molecular flexibility index (Phi) is 4.77. The molecule has 1 aromatic carbocycles. The summed E-state index contributed by atoms with van der Waals surface area (Å²) in [6, 6.07) is 8.35. The number of hydrogen-bond acceptors (Lipinski definition) is 2. The molecule has 108 valence electrons. The largest absolute Gasteiger partial charge is 0.481 e. The molecule has 1 aromatic rings. The first kappa shape index (κ1) is 14.6. The first-order valence-electron chi connectivity index (χ1n) is 7.12. The summed E-state index contributed by atoms with van der Waals surface area (Å²) in [5.74, 6) is -0.207. The molecule has 1 fully saturated rings. The number of nitrogens with one attached hydrogen (secondary N) is 1. The zero-order valence-corrected chi connectivity index (χ0v) is 11.8. The Morgan fingerprint density at radius 2 is 1.95 bits per heavy atom. The maximum atomic E-state index is 11.2. The van der Waals surface area contributed by atoms with Crippen molar-refractivity contribution in [3.05, 3.63) is 35.4 Å². The number of amides is 1. The van der Waals surface area contributed by atoms with E-state index in [0.29, 0.717) is 12.8 Å². The molecule has 0 saturated heterocycles. The molecule has 1 amide bonds. The van der Waals surface area contributed by atoms with Gasteiger partial charge in [0.05, 0.1) is 0 Å². The van der Waals surface area contributed by atoms with Gasteiger partial charge in [-0.05, 0) is 42.7 Å². The number of benzene rings is 1. The van der Waals surface area contributed by atoms with Gasteiger partial charge in [-0.2, -0.15) is 0 Å². The highest BCUT2D eigenvalue weighted by atomic mass is 16.4. The Morgan fingerprint density at radius 3 is 2.45 bits per heavy atom. The Bertz CT molecular complexity index is 477. The van der Waals surface area contributed by atoms with Crippen LogP contribution in [0.2, 0.25) is 0 Å². The smallest absolute Gasteiger partial charge is 0.303 e. The van der Waals surface area contributed by atoms with Crippen molar-refractivity contribution in [1.82, 2.24) is 5.32 Å². The predicted octanol–water partition coefficient (Wildman–Crippen LogP) is 2.48. The molecule has 4 heteroatoms. The summed E-state index contributed by atoms with van der Waals surface area (Å²) < 4.78 is 0. The molecule has 20 heavy (non-hydrogen) atoms. The molecule has 4 nitrogen and oxygen atoms in total. The highest BCUT2D eigenvalue weighted by molar-refractivity contribution is 5.73. The van der Waals surface area contributed by atoms with Gasteiger partial charge in [0, 0.05) is 19.4 Å². The fraction of sp³-hybridized carbons (Fsp3) is 0.500. The summed E-state index contributed by atoms with van der Waals surface area (Å²) in [6.45, 7) is 1.46. The van der Waals surface area contributed by atoms with Gasteiger partial charge in [0.25, 0.3) is 0 Å². The lowest BCUT2D eigenvalue weighted by molar-refractivity contribution is -0.137. The first-order chi connectivity index (χ1) is 9.54. The van der Waals surface area contributed by atoms with E-state index < -0.39 is 5.97 Å². The van der Waals surface area contributed by atoms with Crippen LogP contribution in [-0.4, -0.2) is 23.0 Å². The molecule has 1 aliphatic rings. The first-order valence-corrected chi connectivity index (χ1v) is 7.12. The Hall–Kier alpha value is -1.84. The Balaban J connectivity index is 1.94. The van der Waals surface area contributed by atoms with Gasteiger partial charge >= 0.3 is 5.97 Å². The zero-order valence-electron chi connectivity index (χ0n) is 11.8. The second kappa shape index (κ2) is 6.55. The number of hydrogen-bond donors (Lipinski definition) is 2. The van der Waals surface area contributed by atoms with Gasteiger partial charge in [-0.3, -0.25) is 9.59 Å². The van der Waals surface area contributed by atoms with Crippen LogP contribution in [0.3, 0.4) is 0 Å². The van der Waals surface area contributed by atoms with Gasteiger partial charge < -0.3 is 10.4 Å². The molecule has 1 atom stereocenters. The monoisotopic (exact) mass is 275 g/mol. The summed E-state index contributed by atoms with van der Waals surface area (Å²) in [6.07, 6.45) is 3.78. The van der Waals surface area contributed by atoms with E-state index in [1.54, 1.807) is 0 Å². The third-order valence-electron chi connectivity index (χ3n) is 3.62. The molecule has 0 aromatic heterocycles. The molecule has 0 heterocycles. The topological polar surface area (TPSA) is 66.4 Å². The number of rotatable bonds is 7. The summed E-state index contributed by atoms with van der Waals surface area (Å²) in [5, 5.41) is 11.6. The van der Waals surface area contributed by atoms with Crippen LogP contribution < -0.4 is 5.32 Å². The minimum Gasteiger partial charge on any atom is -0.481 e. The second-order valence-electron chi connectivity index (χ2n) is 5.55. The van der Waals surface area contributed by atoms with Crippen LogP contribution in [0.15, 0.2) is 24.3 Å². The van der Waals surface area contributed by atoms with Crippen molar-refractivity contribution in [3.8, 4) is 0 Å². The average molecular weight is 275 g/mol. The van der Waals surface area contributed by atoms with E-state index >= 15 is 0 Å². The lowest BCUT2D eigenvalue weighted by atomic mass is 9.99. The van der Waals surface area contributed by atoms with Gasteiger partial charge in [-0.25, -0.2) is 0 Å². The van der Waals surface area contributed by atoms with Crippen LogP contribution in [0.25, 0.3) is 0 Å². The minimum atomic E-state index is -0.829. The van der Waals surface area contributed by atoms with Gasteiger partial charge in [0.1, 0.15) is 0 Å². The van der Waals surface area contributed by atoms with Gasteiger partial charge in [0.15, 0.2) is 0 Å². The highest BCUT2D eigenvalue weighted by Crippen LogP contribution is 2.39. The molecule has 0 radical (unpaired) electrons. The Morgan fingerprint density at radius 1 is 1.30 bits per heavy atom. The van der Waals surface area contributed by atoms with Crippen molar-refractivity contribution in [2.75, 3.05) is 0 Å². The normalized spacial score (nSPS) is 15.7. The van der Waals surface area contributed by atoms with E-state index in [1.807, 2.05) is 0 Å². The molecule has 0 spiro atoms. The summed E-state index contributed by atoms with van der Waals surface area (Å²) in [7, 11) is 0. The molecule has 0 aliphatic heterocycles. The molecular weight excluding hydrogens is 254 g/mol. The fourth-order valence-corrected chi connectivity index (χ4v) is 2.44. The number of carboxylic acid groups (broad SMARTS) is 1. The predicted molar refractivity (Wildman–Crippen MR) is 76.6 cm³/mol. The third-order valence-corrected chi connectivity index (χ3v) is 3.62. The number of carbonyl (C=O) groups is 2. The van der Waals surface area contributed by atoms with E-state index in [9.17, 15) is 9.59 Å². The van der Waals surface area contributed by atoms with E-state index in [2.05, 4.69) is 29.6 Å².